The number of unbranched alkanes of at least 4 members (excludes halogenated alkanes) is 36. The van der Waals surface area contributed by atoms with Gasteiger partial charge in [-0.1, -0.05) is 279 Å². The molecule has 0 saturated carbocycles. The number of phosphoric acid groups is 1. The van der Waals surface area contributed by atoms with Gasteiger partial charge in [0.1, 0.15) is 6.61 Å². The van der Waals surface area contributed by atoms with E-state index in [2.05, 4.69) is 86.8 Å². The third kappa shape index (κ3) is 62.5. The van der Waals surface area contributed by atoms with Crippen LogP contribution in [0.5, 0.6) is 0 Å². The third-order valence-electron chi connectivity index (χ3n) is 14.1. The van der Waals surface area contributed by atoms with Gasteiger partial charge in [0.15, 0.2) is 6.10 Å². The van der Waals surface area contributed by atoms with Gasteiger partial charge >= 0.3 is 19.8 Å². The van der Waals surface area contributed by atoms with Crippen LogP contribution in [0.3, 0.4) is 0 Å². The van der Waals surface area contributed by atoms with E-state index in [0.717, 1.165) is 77.0 Å². The maximum atomic E-state index is 12.7. The minimum atomic E-state index is -4.39. The van der Waals surface area contributed by atoms with Crippen molar-refractivity contribution in [2.24, 2.45) is 5.73 Å². The molecule has 2 unspecified atom stereocenters. The SMILES string of the molecule is CCCCCCC/C=C\C/C=C\C/C=C\CCCCCCCCCCCCCCCCCCCCC(=O)OC(COC(=O)CCCCCCCCCC/C=C\C/C=C\C/C=C\CCCCCCC)COP(=O)(O)OCCN. The molecule has 0 bridgehead atoms. The second-order valence-corrected chi connectivity index (χ2v) is 23.1. The summed E-state index contributed by atoms with van der Waals surface area (Å²) < 4.78 is 33.1. The van der Waals surface area contributed by atoms with Gasteiger partial charge in [0.05, 0.1) is 13.2 Å². The van der Waals surface area contributed by atoms with Gasteiger partial charge in [-0.3, -0.25) is 18.6 Å². The summed E-state index contributed by atoms with van der Waals surface area (Å²) in [6.45, 7) is 3.75. The lowest BCUT2D eigenvalue weighted by Crippen LogP contribution is -2.29. The van der Waals surface area contributed by atoms with Gasteiger partial charge in [-0.25, -0.2) is 4.57 Å². The van der Waals surface area contributed by atoms with Gasteiger partial charge in [-0.05, 0) is 89.9 Å². The number of esters is 2. The standard InChI is InChI=1S/C67H122NO8P/c1-3-5-7-9-11-13-15-17-19-21-23-25-27-28-29-30-31-32-33-34-35-36-38-40-42-44-46-48-50-52-54-56-58-60-67(70)76-65(64-75-77(71,72)74-62-61-68)63-73-66(69)59-57-55-53-51-49-47-45-43-41-39-37-26-24-22-20-18-16-14-12-10-8-6-4-2/h15-18,21-24,27-28,37,39,65H,3-14,19-20,25-26,29-36,38,40-64,68H2,1-2H3,(H,71,72)/b17-15-,18-16-,23-21-,24-22-,28-27-,39-37-. The summed E-state index contributed by atoms with van der Waals surface area (Å²) in [4.78, 5) is 35.3. The number of rotatable bonds is 61. The Hall–Kier alpha value is -2.55. The van der Waals surface area contributed by atoms with Crippen molar-refractivity contribution in [1.82, 2.24) is 0 Å². The normalized spacial score (nSPS) is 13.5. The van der Waals surface area contributed by atoms with E-state index in [1.54, 1.807) is 0 Å². The highest BCUT2D eigenvalue weighted by atomic mass is 31.2. The van der Waals surface area contributed by atoms with Crippen molar-refractivity contribution in [1.29, 1.82) is 0 Å². The molecule has 0 spiro atoms. The van der Waals surface area contributed by atoms with Gasteiger partial charge < -0.3 is 20.1 Å². The molecule has 2 atom stereocenters. The molecule has 0 aliphatic heterocycles. The summed E-state index contributed by atoms with van der Waals surface area (Å²) in [6, 6.07) is 0. The minimum Gasteiger partial charge on any atom is -0.462 e. The fourth-order valence-corrected chi connectivity index (χ4v) is 10.0. The topological polar surface area (TPSA) is 134 Å². The molecule has 77 heavy (non-hydrogen) atoms. The average molecular weight is 1100 g/mol. The summed E-state index contributed by atoms with van der Waals surface area (Å²) in [7, 11) is -4.39. The van der Waals surface area contributed by atoms with Crippen LogP contribution in [0.15, 0.2) is 72.9 Å². The Balaban J connectivity index is 3.90. The van der Waals surface area contributed by atoms with Crippen molar-refractivity contribution in [2.45, 2.75) is 315 Å². The minimum absolute atomic E-state index is 0.0509. The highest BCUT2D eigenvalue weighted by Gasteiger charge is 2.26. The molecular weight excluding hydrogens is 978 g/mol. The lowest BCUT2D eigenvalue weighted by molar-refractivity contribution is -0.161. The van der Waals surface area contributed by atoms with Gasteiger partial charge in [0.2, 0.25) is 0 Å². The molecule has 0 rings (SSSR count). The van der Waals surface area contributed by atoms with E-state index in [9.17, 15) is 19.0 Å². The maximum absolute atomic E-state index is 12.7. The zero-order valence-electron chi connectivity index (χ0n) is 50.2. The van der Waals surface area contributed by atoms with Crippen LogP contribution in [0.2, 0.25) is 0 Å². The van der Waals surface area contributed by atoms with Crippen molar-refractivity contribution < 1.29 is 37.6 Å². The number of hydrogen-bond donors (Lipinski definition) is 2. The van der Waals surface area contributed by atoms with Gasteiger partial charge in [0.25, 0.3) is 0 Å². The molecule has 3 N–H and O–H groups in total. The molecule has 0 heterocycles. The summed E-state index contributed by atoms with van der Waals surface area (Å²) in [5.41, 5.74) is 5.39. The van der Waals surface area contributed by atoms with Crippen LogP contribution in [0, 0.1) is 0 Å². The number of carbonyl (C=O) groups is 2. The summed E-state index contributed by atoms with van der Waals surface area (Å²) in [5, 5.41) is 0. The van der Waals surface area contributed by atoms with E-state index >= 15 is 0 Å². The van der Waals surface area contributed by atoms with Crippen LogP contribution in [0.25, 0.3) is 0 Å². The van der Waals surface area contributed by atoms with E-state index in [1.807, 2.05) is 0 Å². The summed E-state index contributed by atoms with van der Waals surface area (Å²) >= 11 is 0. The summed E-state index contributed by atoms with van der Waals surface area (Å²) in [5.74, 6) is -0.827. The molecule has 0 aromatic rings. The largest absolute Gasteiger partial charge is 0.472 e. The van der Waals surface area contributed by atoms with E-state index in [-0.39, 0.29) is 38.6 Å². The van der Waals surface area contributed by atoms with Crippen LogP contribution in [0.4, 0.5) is 0 Å². The van der Waals surface area contributed by atoms with Crippen LogP contribution < -0.4 is 5.73 Å². The predicted molar refractivity (Wildman–Crippen MR) is 330 cm³/mol. The molecule has 0 aromatic carbocycles. The Morgan fingerprint density at radius 1 is 0.390 bits per heavy atom. The highest BCUT2D eigenvalue weighted by molar-refractivity contribution is 7.47. The van der Waals surface area contributed by atoms with E-state index < -0.39 is 26.5 Å². The number of phosphoric ester groups is 1. The number of carbonyl (C=O) groups excluding carboxylic acids is 2. The molecule has 10 heteroatoms. The Morgan fingerprint density at radius 3 is 1.00 bits per heavy atom. The van der Waals surface area contributed by atoms with Crippen molar-refractivity contribution in [3.05, 3.63) is 72.9 Å². The fraction of sp³-hybridized carbons (Fsp3) is 0.791. The van der Waals surface area contributed by atoms with Crippen molar-refractivity contribution in [3.63, 3.8) is 0 Å². The van der Waals surface area contributed by atoms with Gasteiger partial charge in [-0.2, -0.15) is 0 Å². The maximum Gasteiger partial charge on any atom is 0.472 e. The zero-order chi connectivity index (χ0) is 55.9. The molecule has 0 aromatic heterocycles. The molecule has 448 valence electrons. The van der Waals surface area contributed by atoms with Gasteiger partial charge in [0, 0.05) is 19.4 Å². The number of allylic oxidation sites excluding steroid dienone is 12. The Bertz CT molecular complexity index is 1490. The smallest absolute Gasteiger partial charge is 0.462 e. The molecule has 0 amide bonds. The number of nitrogens with two attached hydrogens (primary N) is 1. The Labute approximate surface area is 475 Å². The van der Waals surface area contributed by atoms with Crippen LogP contribution >= 0.6 is 7.82 Å². The third-order valence-corrected chi connectivity index (χ3v) is 15.0. The fourth-order valence-electron chi connectivity index (χ4n) is 9.24. The first kappa shape index (κ1) is 74.5. The first-order valence-corrected chi connectivity index (χ1v) is 33.9. The van der Waals surface area contributed by atoms with Crippen molar-refractivity contribution >= 4 is 19.8 Å². The van der Waals surface area contributed by atoms with Crippen LogP contribution in [-0.2, 0) is 32.7 Å². The first-order chi connectivity index (χ1) is 37.8. The summed E-state index contributed by atoms with van der Waals surface area (Å²) in [6.07, 6.45) is 81.2. The Morgan fingerprint density at radius 2 is 0.675 bits per heavy atom. The molecule has 0 aliphatic carbocycles. The number of hydrogen-bond acceptors (Lipinski definition) is 8. The average Bonchev–Trinajstić information content (AvgIpc) is 3.42. The lowest BCUT2D eigenvalue weighted by atomic mass is 10.0. The van der Waals surface area contributed by atoms with E-state index in [4.69, 9.17) is 24.3 Å². The second kappa shape index (κ2) is 62.6. The van der Waals surface area contributed by atoms with Crippen LogP contribution in [0.1, 0.15) is 309 Å². The lowest BCUT2D eigenvalue weighted by Gasteiger charge is -2.19. The first-order valence-electron chi connectivity index (χ1n) is 32.4. The predicted octanol–water partition coefficient (Wildman–Crippen LogP) is 20.9. The molecule has 0 saturated heterocycles. The van der Waals surface area contributed by atoms with Crippen molar-refractivity contribution in [2.75, 3.05) is 26.4 Å². The molecule has 0 radical (unpaired) electrons. The van der Waals surface area contributed by atoms with Gasteiger partial charge in [-0.15, -0.1) is 0 Å². The molecule has 0 aliphatic rings. The zero-order valence-corrected chi connectivity index (χ0v) is 51.1. The van der Waals surface area contributed by atoms with E-state index in [0.29, 0.717) is 6.42 Å². The molecule has 0 fully saturated rings. The van der Waals surface area contributed by atoms with Crippen molar-refractivity contribution in [3.8, 4) is 0 Å². The number of ether oxygens (including phenoxy) is 2. The highest BCUT2D eigenvalue weighted by Crippen LogP contribution is 2.43. The monoisotopic (exact) mass is 1100 g/mol. The molecule has 9 nitrogen and oxygen atoms in total. The molecular formula is C67H122NO8P. The second-order valence-electron chi connectivity index (χ2n) is 21.6. The van der Waals surface area contributed by atoms with Crippen LogP contribution in [-0.4, -0.2) is 49.3 Å². The Kier molecular flexibility index (Phi) is 60.6. The quantitative estimate of drug-likeness (QED) is 0.0264. The van der Waals surface area contributed by atoms with E-state index in [1.165, 1.54) is 199 Å².